The lowest BCUT2D eigenvalue weighted by atomic mass is 9.90. The molecule has 1 heterocycles. The minimum atomic E-state index is 0. The number of halogens is 1. The standard InChI is InChI=1S/C20H25N.ClH/c1-3-7-18(8-4-1)11-14-21-15-12-20(13-16-21)17-19-9-5-2-6-10-19;/h1-10,20H,11-17H2;1H/p-1. The van der Waals surface area contributed by atoms with Crippen LogP contribution in [0.3, 0.4) is 0 Å². The van der Waals surface area contributed by atoms with E-state index in [0.717, 1.165) is 5.92 Å². The zero-order valence-corrected chi connectivity index (χ0v) is 13.9. The van der Waals surface area contributed by atoms with Crippen LogP contribution in [0.2, 0.25) is 0 Å². The van der Waals surface area contributed by atoms with Gasteiger partial charge in [-0.2, -0.15) is 0 Å². The van der Waals surface area contributed by atoms with Gasteiger partial charge >= 0.3 is 0 Å². The fourth-order valence-electron chi connectivity index (χ4n) is 3.29. The Balaban J connectivity index is 0.00000176. The molecule has 1 nitrogen and oxygen atoms in total. The van der Waals surface area contributed by atoms with Gasteiger partial charge in [-0.25, -0.2) is 0 Å². The van der Waals surface area contributed by atoms with E-state index in [9.17, 15) is 0 Å². The normalized spacial score (nSPS) is 16.2. The Morgan fingerprint density at radius 1 is 0.773 bits per heavy atom. The molecule has 1 aliphatic rings. The molecule has 1 fully saturated rings. The quantitative estimate of drug-likeness (QED) is 0.801. The summed E-state index contributed by atoms with van der Waals surface area (Å²) in [6.07, 6.45) is 5.14. The maximum absolute atomic E-state index is 2.63. The van der Waals surface area contributed by atoms with Crippen LogP contribution in [0.4, 0.5) is 0 Å². The molecule has 2 heteroatoms. The fraction of sp³-hybridized carbons (Fsp3) is 0.400. The van der Waals surface area contributed by atoms with Gasteiger partial charge in [-0.05, 0) is 55.8 Å². The van der Waals surface area contributed by atoms with Crippen LogP contribution < -0.4 is 12.4 Å². The van der Waals surface area contributed by atoms with Crippen LogP contribution in [0.15, 0.2) is 60.7 Å². The van der Waals surface area contributed by atoms with Crippen LogP contribution in [0.5, 0.6) is 0 Å². The summed E-state index contributed by atoms with van der Waals surface area (Å²) in [6, 6.07) is 21.8. The second kappa shape index (κ2) is 8.97. The molecule has 0 saturated carbocycles. The van der Waals surface area contributed by atoms with Crippen molar-refractivity contribution in [1.29, 1.82) is 0 Å². The lowest BCUT2D eigenvalue weighted by Crippen LogP contribution is -3.00. The SMILES string of the molecule is [Cl-].c1ccc(CCN2CCC(Cc3ccccc3)CC2)cc1. The van der Waals surface area contributed by atoms with E-state index in [1.165, 1.54) is 56.4 Å². The van der Waals surface area contributed by atoms with Crippen LogP contribution >= 0.6 is 0 Å². The van der Waals surface area contributed by atoms with Gasteiger partial charge in [-0.1, -0.05) is 60.7 Å². The predicted octanol–water partition coefficient (Wildman–Crippen LogP) is 1.19. The minimum absolute atomic E-state index is 0. The predicted molar refractivity (Wildman–Crippen MR) is 89.5 cm³/mol. The number of hydrogen-bond donors (Lipinski definition) is 0. The second-order valence-electron chi connectivity index (χ2n) is 6.21. The highest BCUT2D eigenvalue weighted by Crippen LogP contribution is 2.21. The van der Waals surface area contributed by atoms with Gasteiger partial charge in [0.05, 0.1) is 0 Å². The summed E-state index contributed by atoms with van der Waals surface area (Å²) in [5.74, 6) is 0.875. The molecular weight excluding hydrogens is 290 g/mol. The Hall–Kier alpha value is -1.31. The summed E-state index contributed by atoms with van der Waals surface area (Å²) in [4.78, 5) is 2.63. The Kier molecular flexibility index (Phi) is 6.95. The van der Waals surface area contributed by atoms with Gasteiger partial charge in [0.2, 0.25) is 0 Å². The highest BCUT2D eigenvalue weighted by atomic mass is 35.5. The molecule has 0 bridgehead atoms. The van der Waals surface area contributed by atoms with Crippen molar-refractivity contribution in [2.75, 3.05) is 19.6 Å². The zero-order chi connectivity index (χ0) is 14.3. The van der Waals surface area contributed by atoms with E-state index in [4.69, 9.17) is 0 Å². The minimum Gasteiger partial charge on any atom is -1.00 e. The first-order valence-corrected chi connectivity index (χ1v) is 8.20. The van der Waals surface area contributed by atoms with Gasteiger partial charge in [-0.3, -0.25) is 0 Å². The number of likely N-dealkylation sites (tertiary alicyclic amines) is 1. The Morgan fingerprint density at radius 2 is 1.32 bits per heavy atom. The monoisotopic (exact) mass is 314 g/mol. The van der Waals surface area contributed by atoms with Crippen molar-refractivity contribution in [1.82, 2.24) is 4.90 Å². The number of rotatable bonds is 5. The number of benzene rings is 2. The van der Waals surface area contributed by atoms with Gasteiger partial charge < -0.3 is 17.3 Å². The number of piperidine rings is 1. The van der Waals surface area contributed by atoms with E-state index in [1.807, 2.05) is 0 Å². The lowest BCUT2D eigenvalue weighted by Gasteiger charge is -2.32. The molecule has 1 aliphatic heterocycles. The largest absolute Gasteiger partial charge is 1.00 e. The average molecular weight is 315 g/mol. The zero-order valence-electron chi connectivity index (χ0n) is 13.1. The number of nitrogens with zero attached hydrogens (tertiary/aromatic N) is 1. The molecule has 0 aromatic heterocycles. The van der Waals surface area contributed by atoms with Crippen molar-refractivity contribution >= 4 is 0 Å². The van der Waals surface area contributed by atoms with Crippen LogP contribution in [-0.4, -0.2) is 24.5 Å². The summed E-state index contributed by atoms with van der Waals surface area (Å²) in [7, 11) is 0. The molecule has 0 spiro atoms. The highest BCUT2D eigenvalue weighted by molar-refractivity contribution is 5.16. The van der Waals surface area contributed by atoms with E-state index in [0.29, 0.717) is 0 Å². The average Bonchev–Trinajstić information content (AvgIpc) is 2.56. The summed E-state index contributed by atoms with van der Waals surface area (Å²) >= 11 is 0. The van der Waals surface area contributed by atoms with Gasteiger partial charge in [0, 0.05) is 6.54 Å². The summed E-state index contributed by atoms with van der Waals surface area (Å²) in [6.45, 7) is 3.75. The highest BCUT2D eigenvalue weighted by Gasteiger charge is 2.18. The van der Waals surface area contributed by atoms with Crippen molar-refractivity contribution in [2.24, 2.45) is 5.92 Å². The number of hydrogen-bond acceptors (Lipinski definition) is 1. The van der Waals surface area contributed by atoms with E-state index < -0.39 is 0 Å². The van der Waals surface area contributed by atoms with Gasteiger partial charge in [0.1, 0.15) is 0 Å². The molecule has 0 amide bonds. The van der Waals surface area contributed by atoms with Gasteiger partial charge in [0.25, 0.3) is 0 Å². The van der Waals surface area contributed by atoms with Crippen molar-refractivity contribution in [2.45, 2.75) is 25.7 Å². The summed E-state index contributed by atoms with van der Waals surface area (Å²) in [5.41, 5.74) is 2.96. The van der Waals surface area contributed by atoms with E-state index in [-0.39, 0.29) is 12.4 Å². The molecule has 0 atom stereocenters. The van der Waals surface area contributed by atoms with Crippen LogP contribution in [0.1, 0.15) is 24.0 Å². The third-order valence-electron chi connectivity index (χ3n) is 4.63. The topological polar surface area (TPSA) is 3.24 Å². The van der Waals surface area contributed by atoms with Gasteiger partial charge in [-0.15, -0.1) is 0 Å². The van der Waals surface area contributed by atoms with Crippen LogP contribution in [-0.2, 0) is 12.8 Å². The molecule has 1 saturated heterocycles. The fourth-order valence-corrected chi connectivity index (χ4v) is 3.29. The Morgan fingerprint density at radius 3 is 1.91 bits per heavy atom. The maximum Gasteiger partial charge on any atom is 0.00218 e. The molecule has 2 aromatic carbocycles. The molecule has 3 rings (SSSR count). The molecule has 0 radical (unpaired) electrons. The second-order valence-corrected chi connectivity index (χ2v) is 6.21. The first kappa shape index (κ1) is 17.1. The van der Waals surface area contributed by atoms with E-state index >= 15 is 0 Å². The van der Waals surface area contributed by atoms with Crippen LogP contribution in [0.25, 0.3) is 0 Å². The lowest BCUT2D eigenvalue weighted by molar-refractivity contribution is -0.00000436. The van der Waals surface area contributed by atoms with Gasteiger partial charge in [0.15, 0.2) is 0 Å². The third kappa shape index (κ3) is 5.15. The molecular formula is C20H25ClN-. The molecule has 22 heavy (non-hydrogen) atoms. The molecule has 0 N–H and O–H groups in total. The molecule has 118 valence electrons. The first-order chi connectivity index (χ1) is 10.4. The molecule has 0 aliphatic carbocycles. The third-order valence-corrected chi connectivity index (χ3v) is 4.63. The Labute approximate surface area is 140 Å². The maximum atomic E-state index is 2.63. The Bertz CT molecular complexity index is 518. The van der Waals surface area contributed by atoms with E-state index in [2.05, 4.69) is 65.6 Å². The van der Waals surface area contributed by atoms with Crippen molar-refractivity contribution in [3.8, 4) is 0 Å². The molecule has 0 unspecified atom stereocenters. The van der Waals surface area contributed by atoms with Crippen molar-refractivity contribution in [3.05, 3.63) is 71.8 Å². The summed E-state index contributed by atoms with van der Waals surface area (Å²) < 4.78 is 0. The summed E-state index contributed by atoms with van der Waals surface area (Å²) in [5, 5.41) is 0. The molecule has 2 aromatic rings. The first-order valence-electron chi connectivity index (χ1n) is 8.20. The van der Waals surface area contributed by atoms with Crippen molar-refractivity contribution < 1.29 is 12.4 Å². The van der Waals surface area contributed by atoms with E-state index in [1.54, 1.807) is 0 Å². The smallest absolute Gasteiger partial charge is 0.00218 e. The van der Waals surface area contributed by atoms with Crippen molar-refractivity contribution in [3.63, 3.8) is 0 Å². The van der Waals surface area contributed by atoms with Crippen LogP contribution in [0, 0.1) is 5.92 Å².